The van der Waals surface area contributed by atoms with Crippen molar-refractivity contribution in [2.24, 2.45) is 5.73 Å². The van der Waals surface area contributed by atoms with Crippen molar-refractivity contribution < 1.29 is 0 Å². The van der Waals surface area contributed by atoms with Crippen LogP contribution in [0.15, 0.2) is 46.9 Å². The van der Waals surface area contributed by atoms with Gasteiger partial charge in [0.2, 0.25) is 0 Å². The van der Waals surface area contributed by atoms with Gasteiger partial charge in [-0.15, -0.1) is 0 Å². The minimum Gasteiger partial charge on any atom is -0.324 e. The molecule has 0 saturated carbocycles. The molecule has 0 radical (unpaired) electrons. The van der Waals surface area contributed by atoms with Gasteiger partial charge in [0, 0.05) is 10.5 Å². The fourth-order valence-electron chi connectivity index (χ4n) is 3.44. The molecule has 1 aliphatic carbocycles. The molecule has 0 saturated heterocycles. The SMILES string of the molecule is Cc1cc(C(N)CC2CCCc3ccccc32)ccc1Br. The molecule has 0 spiro atoms. The Kier molecular flexibility index (Phi) is 4.46. The van der Waals surface area contributed by atoms with E-state index in [2.05, 4.69) is 65.3 Å². The molecule has 110 valence electrons. The van der Waals surface area contributed by atoms with Crippen molar-refractivity contribution in [1.82, 2.24) is 0 Å². The molecule has 0 amide bonds. The summed E-state index contributed by atoms with van der Waals surface area (Å²) >= 11 is 3.56. The number of aryl methyl sites for hydroxylation is 2. The van der Waals surface area contributed by atoms with Crippen molar-refractivity contribution >= 4 is 15.9 Å². The smallest absolute Gasteiger partial charge is 0.0300 e. The Morgan fingerprint density at radius 2 is 2.05 bits per heavy atom. The Morgan fingerprint density at radius 1 is 1.24 bits per heavy atom. The number of benzene rings is 2. The Morgan fingerprint density at radius 3 is 2.86 bits per heavy atom. The summed E-state index contributed by atoms with van der Waals surface area (Å²) in [4.78, 5) is 0. The van der Waals surface area contributed by atoms with E-state index in [1.807, 2.05) is 0 Å². The summed E-state index contributed by atoms with van der Waals surface area (Å²) in [6, 6.07) is 15.5. The van der Waals surface area contributed by atoms with Gasteiger partial charge in [-0.25, -0.2) is 0 Å². The van der Waals surface area contributed by atoms with Crippen LogP contribution in [0.25, 0.3) is 0 Å². The average Bonchev–Trinajstić information content (AvgIpc) is 2.50. The van der Waals surface area contributed by atoms with Crippen LogP contribution in [0, 0.1) is 6.92 Å². The van der Waals surface area contributed by atoms with Crippen LogP contribution in [0.1, 0.15) is 53.5 Å². The summed E-state index contributed by atoms with van der Waals surface area (Å²) in [5.74, 6) is 0.605. The van der Waals surface area contributed by atoms with Crippen molar-refractivity contribution in [1.29, 1.82) is 0 Å². The van der Waals surface area contributed by atoms with Crippen LogP contribution >= 0.6 is 15.9 Å². The molecule has 0 aliphatic heterocycles. The van der Waals surface area contributed by atoms with Crippen molar-refractivity contribution in [2.75, 3.05) is 0 Å². The third kappa shape index (κ3) is 3.22. The molecular weight excluding hydrogens is 322 g/mol. The van der Waals surface area contributed by atoms with Crippen LogP contribution in [-0.4, -0.2) is 0 Å². The first-order valence-corrected chi connectivity index (χ1v) is 8.54. The molecular formula is C19H22BrN. The van der Waals surface area contributed by atoms with E-state index in [4.69, 9.17) is 5.73 Å². The third-order valence-electron chi connectivity index (χ3n) is 4.64. The third-order valence-corrected chi connectivity index (χ3v) is 5.53. The van der Waals surface area contributed by atoms with Gasteiger partial charge in [0.1, 0.15) is 0 Å². The molecule has 2 unspecified atom stereocenters. The van der Waals surface area contributed by atoms with Gasteiger partial charge < -0.3 is 5.73 Å². The number of hydrogen-bond donors (Lipinski definition) is 1. The summed E-state index contributed by atoms with van der Waals surface area (Å²) in [6.07, 6.45) is 4.81. The first-order chi connectivity index (χ1) is 10.1. The predicted octanol–water partition coefficient (Wildman–Crippen LogP) is 5.27. The molecule has 3 rings (SSSR count). The van der Waals surface area contributed by atoms with Crippen LogP contribution in [0.5, 0.6) is 0 Å². The molecule has 2 heteroatoms. The zero-order valence-corrected chi connectivity index (χ0v) is 14.1. The lowest BCUT2D eigenvalue weighted by atomic mass is 9.79. The summed E-state index contributed by atoms with van der Waals surface area (Å²) in [6.45, 7) is 2.12. The second-order valence-corrected chi connectivity index (χ2v) is 6.99. The number of nitrogens with two attached hydrogens (primary N) is 1. The van der Waals surface area contributed by atoms with E-state index in [9.17, 15) is 0 Å². The van der Waals surface area contributed by atoms with E-state index < -0.39 is 0 Å². The summed E-state index contributed by atoms with van der Waals surface area (Å²) in [5, 5.41) is 0. The second-order valence-electron chi connectivity index (χ2n) is 6.14. The normalized spacial score (nSPS) is 19.1. The Bertz CT molecular complexity index is 635. The van der Waals surface area contributed by atoms with Gasteiger partial charge in [-0.05, 0) is 66.8 Å². The topological polar surface area (TPSA) is 26.0 Å². The largest absolute Gasteiger partial charge is 0.324 e. The number of halogens is 1. The van der Waals surface area contributed by atoms with Crippen LogP contribution in [0.4, 0.5) is 0 Å². The molecule has 0 aromatic heterocycles. The molecule has 1 nitrogen and oxygen atoms in total. The van der Waals surface area contributed by atoms with Gasteiger partial charge in [-0.1, -0.05) is 52.3 Å². The molecule has 0 bridgehead atoms. The molecule has 2 aromatic rings. The first kappa shape index (κ1) is 14.8. The highest BCUT2D eigenvalue weighted by atomic mass is 79.9. The van der Waals surface area contributed by atoms with E-state index in [0.29, 0.717) is 5.92 Å². The summed E-state index contributed by atoms with van der Waals surface area (Å²) < 4.78 is 1.15. The Balaban J connectivity index is 1.79. The van der Waals surface area contributed by atoms with E-state index >= 15 is 0 Å². The lowest BCUT2D eigenvalue weighted by Crippen LogP contribution is -2.18. The van der Waals surface area contributed by atoms with E-state index in [-0.39, 0.29) is 6.04 Å². The molecule has 0 fully saturated rings. The minimum absolute atomic E-state index is 0.118. The highest BCUT2D eigenvalue weighted by Crippen LogP contribution is 2.37. The zero-order valence-electron chi connectivity index (χ0n) is 12.5. The monoisotopic (exact) mass is 343 g/mol. The lowest BCUT2D eigenvalue weighted by molar-refractivity contribution is 0.476. The number of rotatable bonds is 3. The first-order valence-electron chi connectivity index (χ1n) is 7.74. The van der Waals surface area contributed by atoms with E-state index in [0.717, 1.165) is 10.9 Å². The van der Waals surface area contributed by atoms with Gasteiger partial charge in [-0.3, -0.25) is 0 Å². The zero-order chi connectivity index (χ0) is 14.8. The van der Waals surface area contributed by atoms with Crippen molar-refractivity contribution in [3.63, 3.8) is 0 Å². The summed E-state index contributed by atoms with van der Waals surface area (Å²) in [7, 11) is 0. The average molecular weight is 344 g/mol. The van der Waals surface area contributed by atoms with E-state index in [1.54, 1.807) is 0 Å². The minimum atomic E-state index is 0.118. The van der Waals surface area contributed by atoms with Crippen LogP contribution in [0.2, 0.25) is 0 Å². The van der Waals surface area contributed by atoms with Gasteiger partial charge in [-0.2, -0.15) is 0 Å². The van der Waals surface area contributed by atoms with Crippen molar-refractivity contribution in [2.45, 2.75) is 44.6 Å². The van der Waals surface area contributed by atoms with Crippen molar-refractivity contribution in [3.8, 4) is 0 Å². The van der Waals surface area contributed by atoms with E-state index in [1.165, 1.54) is 41.5 Å². The highest BCUT2D eigenvalue weighted by Gasteiger charge is 2.22. The fraction of sp³-hybridized carbons (Fsp3) is 0.368. The standard InChI is InChI=1S/C19H22BrN/c1-13-11-16(9-10-18(13)20)19(21)12-15-7-4-6-14-5-2-3-8-17(14)15/h2-3,5,8-11,15,19H,4,6-7,12,21H2,1H3. The Labute approximate surface area is 135 Å². The quantitative estimate of drug-likeness (QED) is 0.807. The Hall–Kier alpha value is -1.12. The molecule has 0 heterocycles. The molecule has 2 atom stereocenters. The number of fused-ring (bicyclic) bond motifs is 1. The molecule has 21 heavy (non-hydrogen) atoms. The molecule has 2 aromatic carbocycles. The van der Waals surface area contributed by atoms with Gasteiger partial charge in [0.15, 0.2) is 0 Å². The highest BCUT2D eigenvalue weighted by molar-refractivity contribution is 9.10. The predicted molar refractivity (Wildman–Crippen MR) is 92.5 cm³/mol. The maximum atomic E-state index is 6.49. The maximum Gasteiger partial charge on any atom is 0.0300 e. The number of hydrogen-bond acceptors (Lipinski definition) is 1. The van der Waals surface area contributed by atoms with Gasteiger partial charge in [0.25, 0.3) is 0 Å². The molecule has 2 N–H and O–H groups in total. The van der Waals surface area contributed by atoms with Crippen LogP contribution in [0.3, 0.4) is 0 Å². The lowest BCUT2D eigenvalue weighted by Gasteiger charge is -2.28. The van der Waals surface area contributed by atoms with Crippen molar-refractivity contribution in [3.05, 3.63) is 69.2 Å². The van der Waals surface area contributed by atoms with Gasteiger partial charge in [0.05, 0.1) is 0 Å². The van der Waals surface area contributed by atoms with Gasteiger partial charge >= 0.3 is 0 Å². The second kappa shape index (κ2) is 6.33. The molecule has 1 aliphatic rings. The summed E-state index contributed by atoms with van der Waals surface area (Å²) in [5.41, 5.74) is 12.0. The maximum absolute atomic E-state index is 6.49. The van der Waals surface area contributed by atoms with Crippen LogP contribution < -0.4 is 5.73 Å². The fourth-order valence-corrected chi connectivity index (χ4v) is 3.69. The van der Waals surface area contributed by atoms with Crippen LogP contribution in [-0.2, 0) is 6.42 Å².